The summed E-state index contributed by atoms with van der Waals surface area (Å²) in [4.78, 5) is 0. The van der Waals surface area contributed by atoms with Crippen LogP contribution >= 0.6 is 0 Å². The fourth-order valence-corrected chi connectivity index (χ4v) is 12.4. The molecule has 7 heteroatoms. The standard InChI is InChI=1S/C16H26F6Si/c1-13(9-5-3-6-10-13)23(15(17,18)19,16(20,21)22)14(2)11-7-4-8-12-14/h3-12H2,1-2H3. The van der Waals surface area contributed by atoms with Gasteiger partial charge in [-0.3, -0.25) is 0 Å². The molecule has 0 radical (unpaired) electrons. The first-order chi connectivity index (χ1) is 10.4. The molecular weight excluding hydrogens is 334 g/mol. The molecule has 23 heavy (non-hydrogen) atoms. The lowest BCUT2D eigenvalue weighted by molar-refractivity contribution is -0.128. The van der Waals surface area contributed by atoms with Crippen molar-refractivity contribution in [3.63, 3.8) is 0 Å². The van der Waals surface area contributed by atoms with Crippen LogP contribution in [-0.2, 0) is 0 Å². The normalized spacial score (nSPS) is 26.1. The second-order valence-electron chi connectivity index (χ2n) is 7.99. The summed E-state index contributed by atoms with van der Waals surface area (Å²) in [7, 11) is -5.65. The van der Waals surface area contributed by atoms with Crippen LogP contribution in [0.15, 0.2) is 0 Å². The molecule has 0 heterocycles. The molecule has 0 aromatic rings. The third-order valence-electron chi connectivity index (χ3n) is 6.58. The summed E-state index contributed by atoms with van der Waals surface area (Å²) in [5.74, 6) is -10.3. The van der Waals surface area contributed by atoms with Gasteiger partial charge in [-0.15, -0.1) is 0 Å². The summed E-state index contributed by atoms with van der Waals surface area (Å²) in [6.45, 7) is 2.61. The molecule has 2 fully saturated rings. The molecule has 0 nitrogen and oxygen atoms in total. The van der Waals surface area contributed by atoms with Crippen LogP contribution in [-0.4, -0.2) is 19.7 Å². The third-order valence-corrected chi connectivity index (χ3v) is 12.9. The lowest BCUT2D eigenvalue weighted by atomic mass is 9.88. The first-order valence-electron chi connectivity index (χ1n) is 8.55. The minimum atomic E-state index is -5.65. The molecule has 2 saturated carbocycles. The van der Waals surface area contributed by atoms with E-state index in [0.717, 1.165) is 12.8 Å². The predicted octanol–water partition coefficient (Wildman–Crippen LogP) is 7.09. The first kappa shape index (κ1) is 19.1. The summed E-state index contributed by atoms with van der Waals surface area (Å²) in [5.41, 5.74) is 0. The molecule has 136 valence electrons. The van der Waals surface area contributed by atoms with E-state index in [-0.39, 0.29) is 25.7 Å². The lowest BCUT2D eigenvalue weighted by Gasteiger charge is -2.58. The topological polar surface area (TPSA) is 0 Å². The van der Waals surface area contributed by atoms with E-state index in [2.05, 4.69) is 0 Å². The number of rotatable bonds is 2. The Hall–Kier alpha value is -0.203. The lowest BCUT2D eigenvalue weighted by Crippen LogP contribution is -2.75. The van der Waals surface area contributed by atoms with Crippen molar-refractivity contribution in [2.45, 2.75) is 99.7 Å². The van der Waals surface area contributed by atoms with Crippen molar-refractivity contribution in [2.24, 2.45) is 0 Å². The van der Waals surface area contributed by atoms with Crippen molar-refractivity contribution in [2.75, 3.05) is 0 Å². The number of hydrogen-bond donors (Lipinski definition) is 0. The van der Waals surface area contributed by atoms with Crippen LogP contribution in [0.5, 0.6) is 0 Å². The van der Waals surface area contributed by atoms with Crippen LogP contribution in [0.2, 0.25) is 10.1 Å². The monoisotopic (exact) mass is 360 g/mol. The minimum Gasteiger partial charge on any atom is -0.176 e. The molecule has 0 bridgehead atoms. The molecule has 0 saturated heterocycles. The van der Waals surface area contributed by atoms with Gasteiger partial charge in [0.1, 0.15) is 0 Å². The van der Waals surface area contributed by atoms with Crippen LogP contribution in [0.4, 0.5) is 26.3 Å². The largest absolute Gasteiger partial charge is 0.372 e. The maximum atomic E-state index is 14.3. The average Bonchev–Trinajstić information content (AvgIpc) is 2.36. The zero-order valence-corrected chi connectivity index (χ0v) is 14.8. The van der Waals surface area contributed by atoms with Crippen LogP contribution in [0.1, 0.15) is 78.1 Å². The van der Waals surface area contributed by atoms with Crippen molar-refractivity contribution < 1.29 is 26.3 Å². The van der Waals surface area contributed by atoms with E-state index in [0.29, 0.717) is 25.7 Å². The Morgan fingerprint density at radius 3 is 1.04 bits per heavy atom. The van der Waals surface area contributed by atoms with Gasteiger partial charge in [0.15, 0.2) is 0 Å². The summed E-state index contributed by atoms with van der Waals surface area (Å²) >= 11 is 0. The van der Waals surface area contributed by atoms with E-state index in [1.165, 1.54) is 13.8 Å². The van der Waals surface area contributed by atoms with Gasteiger partial charge >= 0.3 is 19.7 Å². The molecule has 0 unspecified atom stereocenters. The van der Waals surface area contributed by atoms with Crippen molar-refractivity contribution >= 4 is 8.07 Å². The molecule has 0 atom stereocenters. The summed E-state index contributed by atoms with van der Waals surface area (Å²) in [6, 6.07) is 0. The molecule has 0 N–H and O–H groups in total. The smallest absolute Gasteiger partial charge is 0.176 e. The average molecular weight is 360 g/mol. The highest BCUT2D eigenvalue weighted by molar-refractivity contribution is 6.88. The molecule has 0 aliphatic heterocycles. The van der Waals surface area contributed by atoms with Crippen LogP contribution < -0.4 is 0 Å². The summed E-state index contributed by atoms with van der Waals surface area (Å²) in [5, 5.41) is -3.26. The zero-order chi connectivity index (χ0) is 17.6. The van der Waals surface area contributed by atoms with Crippen LogP contribution in [0.25, 0.3) is 0 Å². The first-order valence-corrected chi connectivity index (χ1v) is 10.5. The van der Waals surface area contributed by atoms with E-state index in [4.69, 9.17) is 0 Å². The van der Waals surface area contributed by atoms with Gasteiger partial charge in [0.2, 0.25) is 0 Å². The van der Waals surface area contributed by atoms with Gasteiger partial charge < -0.3 is 0 Å². The highest BCUT2D eigenvalue weighted by Crippen LogP contribution is 2.72. The maximum absolute atomic E-state index is 14.3. The van der Waals surface area contributed by atoms with E-state index in [1.54, 1.807) is 0 Å². The Morgan fingerprint density at radius 1 is 0.565 bits per heavy atom. The predicted molar refractivity (Wildman–Crippen MR) is 80.8 cm³/mol. The zero-order valence-electron chi connectivity index (χ0n) is 13.8. The van der Waals surface area contributed by atoms with Gasteiger partial charge in [-0.25, -0.2) is 0 Å². The number of alkyl halides is 6. The molecule has 0 spiro atoms. The van der Waals surface area contributed by atoms with Crippen molar-refractivity contribution in [1.82, 2.24) is 0 Å². The fourth-order valence-electron chi connectivity index (χ4n) is 5.67. The second-order valence-corrected chi connectivity index (χ2v) is 13.0. The summed E-state index contributed by atoms with van der Waals surface area (Å²) < 4.78 is 85.6. The van der Waals surface area contributed by atoms with Gasteiger partial charge in [0.25, 0.3) is 0 Å². The summed E-state index contributed by atoms with van der Waals surface area (Å²) in [6.07, 6.45) is 3.66. The van der Waals surface area contributed by atoms with Crippen LogP contribution in [0.3, 0.4) is 0 Å². The van der Waals surface area contributed by atoms with E-state index < -0.39 is 29.7 Å². The highest BCUT2D eigenvalue weighted by atomic mass is 28.3. The van der Waals surface area contributed by atoms with E-state index >= 15 is 0 Å². The van der Waals surface area contributed by atoms with Crippen molar-refractivity contribution in [3.05, 3.63) is 0 Å². The molecule has 0 aromatic carbocycles. The van der Waals surface area contributed by atoms with E-state index in [1.807, 2.05) is 0 Å². The van der Waals surface area contributed by atoms with Crippen LogP contribution in [0, 0.1) is 0 Å². The maximum Gasteiger partial charge on any atom is 0.372 e. The SMILES string of the molecule is CC1([Si](C(F)(F)F)(C(F)(F)F)C2(C)CCCCC2)CCCCC1. The Labute approximate surface area is 135 Å². The molecule has 2 aliphatic rings. The highest BCUT2D eigenvalue weighted by Gasteiger charge is 2.86. The van der Waals surface area contributed by atoms with Gasteiger partial charge in [-0.05, 0) is 35.8 Å². The third kappa shape index (κ3) is 2.74. The molecule has 0 aromatic heterocycles. The van der Waals surface area contributed by atoms with Gasteiger partial charge in [-0.1, -0.05) is 52.4 Å². The molecule has 0 amide bonds. The molecule has 2 aliphatic carbocycles. The quantitative estimate of drug-likeness (QED) is 0.364. The fraction of sp³-hybridized carbons (Fsp3) is 1.00. The van der Waals surface area contributed by atoms with E-state index in [9.17, 15) is 26.3 Å². The molecule has 2 rings (SSSR count). The van der Waals surface area contributed by atoms with Crippen molar-refractivity contribution in [1.29, 1.82) is 0 Å². The Balaban J connectivity index is 2.70. The number of halogens is 6. The Bertz CT molecular complexity index is 373. The molecular formula is C16H26F6Si. The second kappa shape index (κ2) is 5.95. The van der Waals surface area contributed by atoms with Gasteiger partial charge in [0, 0.05) is 0 Å². The Kier molecular flexibility index (Phi) is 4.95. The van der Waals surface area contributed by atoms with Crippen molar-refractivity contribution in [3.8, 4) is 0 Å². The van der Waals surface area contributed by atoms with Gasteiger partial charge in [-0.2, -0.15) is 26.3 Å². The Morgan fingerprint density at radius 2 is 0.826 bits per heavy atom. The minimum absolute atomic E-state index is 0.0633. The van der Waals surface area contributed by atoms with Gasteiger partial charge in [0.05, 0.1) is 0 Å². The number of hydrogen-bond acceptors (Lipinski definition) is 0.